The van der Waals surface area contributed by atoms with Gasteiger partial charge < -0.3 is 10.6 Å². The van der Waals surface area contributed by atoms with Crippen LogP contribution in [0.5, 0.6) is 0 Å². The number of rotatable bonds is 7. The zero-order valence-corrected chi connectivity index (χ0v) is 19.6. The molecule has 0 spiro atoms. The molecule has 3 rings (SSSR count). The van der Waals surface area contributed by atoms with E-state index in [1.807, 2.05) is 0 Å². The van der Waals surface area contributed by atoms with E-state index in [0.29, 0.717) is 18.2 Å². The van der Waals surface area contributed by atoms with Gasteiger partial charge in [0.2, 0.25) is 5.91 Å². The van der Waals surface area contributed by atoms with Gasteiger partial charge in [-0.15, -0.1) is 0 Å². The number of alkyl halides is 3. The Morgan fingerprint density at radius 3 is 2.57 bits per heavy atom. The van der Waals surface area contributed by atoms with E-state index in [2.05, 4.69) is 20.7 Å². The van der Waals surface area contributed by atoms with Crippen molar-refractivity contribution in [3.8, 4) is 0 Å². The highest BCUT2D eigenvalue weighted by Crippen LogP contribution is 2.33. The molecule has 2 aromatic heterocycles. The summed E-state index contributed by atoms with van der Waals surface area (Å²) in [6.07, 6.45) is -1.84. The van der Waals surface area contributed by atoms with Crippen molar-refractivity contribution >= 4 is 40.7 Å². The molecule has 1 atom stereocenters. The molecule has 3 aromatic rings. The van der Waals surface area contributed by atoms with Crippen LogP contribution in [-0.2, 0) is 17.4 Å². The molecule has 2 heterocycles. The predicted octanol–water partition coefficient (Wildman–Crippen LogP) is 4.14. The fourth-order valence-corrected chi connectivity index (χ4v) is 3.32. The van der Waals surface area contributed by atoms with Crippen LogP contribution < -0.4 is 16.2 Å². The minimum atomic E-state index is -4.80. The second-order valence-electron chi connectivity index (χ2n) is 7.31. The molecule has 0 saturated heterocycles. The van der Waals surface area contributed by atoms with Gasteiger partial charge in [-0.05, 0) is 37.3 Å². The van der Waals surface area contributed by atoms with Gasteiger partial charge >= 0.3 is 6.18 Å². The van der Waals surface area contributed by atoms with E-state index in [9.17, 15) is 27.6 Å². The summed E-state index contributed by atoms with van der Waals surface area (Å²) in [6.45, 7) is 1.38. The maximum atomic E-state index is 13.5. The van der Waals surface area contributed by atoms with Gasteiger partial charge in [-0.2, -0.15) is 18.3 Å². The topological polar surface area (TPSA) is 106 Å². The Bertz CT molecular complexity index is 1300. The number of nitrogens with one attached hydrogen (secondary N) is 2. The molecule has 184 valence electrons. The lowest BCUT2D eigenvalue weighted by Crippen LogP contribution is -2.33. The minimum absolute atomic E-state index is 0.0483. The lowest BCUT2D eigenvalue weighted by molar-refractivity contribution is -0.137. The summed E-state index contributed by atoms with van der Waals surface area (Å²) in [5.41, 5.74) is -2.08. The minimum Gasteiger partial charge on any atom is -0.352 e. The molecule has 8 nitrogen and oxygen atoms in total. The van der Waals surface area contributed by atoms with Crippen molar-refractivity contribution in [2.45, 2.75) is 25.6 Å². The first kappa shape index (κ1) is 26.2. The van der Waals surface area contributed by atoms with E-state index in [-0.39, 0.29) is 22.3 Å². The Labute approximate surface area is 207 Å². The Morgan fingerprint density at radius 1 is 1.17 bits per heavy atom. The van der Waals surface area contributed by atoms with Crippen LogP contribution in [0, 0.1) is 0 Å². The lowest BCUT2D eigenvalue weighted by Gasteiger charge is -2.17. The average Bonchev–Trinajstić information content (AvgIpc) is 2.82. The van der Waals surface area contributed by atoms with Crippen molar-refractivity contribution in [3.63, 3.8) is 0 Å². The highest BCUT2D eigenvalue weighted by Gasteiger charge is 2.35. The maximum Gasteiger partial charge on any atom is 0.417 e. The number of anilines is 1. The van der Waals surface area contributed by atoms with E-state index >= 15 is 0 Å². The summed E-state index contributed by atoms with van der Waals surface area (Å²) in [5.74, 6) is -1.75. The van der Waals surface area contributed by atoms with E-state index in [1.165, 1.54) is 6.92 Å². The first-order valence-corrected chi connectivity index (χ1v) is 10.9. The van der Waals surface area contributed by atoms with Gasteiger partial charge in [-0.3, -0.25) is 19.4 Å². The maximum absolute atomic E-state index is 13.5. The van der Waals surface area contributed by atoms with Crippen molar-refractivity contribution < 1.29 is 22.8 Å². The third kappa shape index (κ3) is 6.37. The number of benzene rings is 1. The molecule has 0 fully saturated rings. The second kappa shape index (κ2) is 10.9. The number of pyridine rings is 1. The number of aromatic nitrogens is 3. The van der Waals surface area contributed by atoms with Crippen molar-refractivity contribution in [1.82, 2.24) is 20.1 Å². The summed E-state index contributed by atoms with van der Waals surface area (Å²) in [5, 5.41) is 8.15. The SMILES string of the molecule is C[C@@H](C(=O)Nc1ccc(C(F)(F)F)c(C(=O)NCCc2ccccn2)c1)n1ncc(Cl)c(Cl)c1=O. The van der Waals surface area contributed by atoms with Crippen LogP contribution in [0.15, 0.2) is 53.6 Å². The largest absolute Gasteiger partial charge is 0.417 e. The Morgan fingerprint density at radius 2 is 1.91 bits per heavy atom. The third-order valence-electron chi connectivity index (χ3n) is 4.88. The summed E-state index contributed by atoms with van der Waals surface area (Å²) in [6, 6.07) is 6.61. The quantitative estimate of drug-likeness (QED) is 0.480. The first-order valence-electron chi connectivity index (χ1n) is 10.1. The van der Waals surface area contributed by atoms with Crippen molar-refractivity contribution in [2.24, 2.45) is 0 Å². The van der Waals surface area contributed by atoms with Crippen molar-refractivity contribution in [1.29, 1.82) is 0 Å². The van der Waals surface area contributed by atoms with Crippen LogP contribution in [0.1, 0.15) is 34.6 Å². The van der Waals surface area contributed by atoms with Crippen LogP contribution in [0.2, 0.25) is 10.0 Å². The highest BCUT2D eigenvalue weighted by atomic mass is 35.5. The summed E-state index contributed by atoms with van der Waals surface area (Å²) < 4.78 is 41.3. The molecule has 0 radical (unpaired) electrons. The number of hydrogen-bond acceptors (Lipinski definition) is 5. The summed E-state index contributed by atoms with van der Waals surface area (Å²) in [7, 11) is 0. The number of carbonyl (C=O) groups is 2. The molecule has 0 unspecified atom stereocenters. The lowest BCUT2D eigenvalue weighted by atomic mass is 10.0. The fraction of sp³-hybridized carbons (Fsp3) is 0.227. The monoisotopic (exact) mass is 527 g/mol. The molecule has 0 aliphatic carbocycles. The van der Waals surface area contributed by atoms with Gasteiger partial charge in [0.25, 0.3) is 11.5 Å². The van der Waals surface area contributed by atoms with E-state index < -0.39 is 40.7 Å². The molecule has 13 heteroatoms. The number of nitrogens with zero attached hydrogens (tertiary/aromatic N) is 3. The molecule has 0 saturated carbocycles. The standard InChI is InChI=1S/C22H18Cl2F3N5O3/c1-12(32-21(35)18(24)17(23)11-30-32)19(33)31-14-5-6-16(22(25,26)27)15(10-14)20(34)29-9-7-13-4-2-3-8-28-13/h2-6,8,10-12H,7,9H2,1H3,(H,29,34)(H,31,33)/t12-/m0/s1. The van der Waals surface area contributed by atoms with Gasteiger partial charge in [-0.1, -0.05) is 29.3 Å². The van der Waals surface area contributed by atoms with Crippen LogP contribution >= 0.6 is 23.2 Å². The van der Waals surface area contributed by atoms with Crippen LogP contribution in [0.25, 0.3) is 0 Å². The Balaban J connectivity index is 1.80. The van der Waals surface area contributed by atoms with Crippen LogP contribution in [0.4, 0.5) is 18.9 Å². The molecule has 0 bridgehead atoms. The Hall–Kier alpha value is -3.44. The number of carbonyl (C=O) groups excluding carboxylic acids is 2. The molecule has 0 aliphatic rings. The van der Waals surface area contributed by atoms with Crippen LogP contribution in [0.3, 0.4) is 0 Å². The first-order chi connectivity index (χ1) is 16.5. The highest BCUT2D eigenvalue weighted by molar-refractivity contribution is 6.41. The molecular formula is C22H18Cl2F3N5O3. The molecule has 1 aromatic carbocycles. The van der Waals surface area contributed by atoms with Crippen molar-refractivity contribution in [2.75, 3.05) is 11.9 Å². The molecular weight excluding hydrogens is 510 g/mol. The van der Waals surface area contributed by atoms with Crippen molar-refractivity contribution in [3.05, 3.63) is 86.0 Å². The van der Waals surface area contributed by atoms with Gasteiger partial charge in [0.1, 0.15) is 11.1 Å². The van der Waals surface area contributed by atoms with E-state index in [0.717, 1.165) is 23.0 Å². The van der Waals surface area contributed by atoms with E-state index in [1.54, 1.807) is 24.4 Å². The zero-order valence-electron chi connectivity index (χ0n) is 18.1. The molecule has 2 N–H and O–H groups in total. The molecule has 35 heavy (non-hydrogen) atoms. The average molecular weight is 528 g/mol. The smallest absolute Gasteiger partial charge is 0.352 e. The number of halogens is 5. The molecule has 0 aliphatic heterocycles. The Kier molecular flexibility index (Phi) is 8.13. The van der Waals surface area contributed by atoms with Gasteiger partial charge in [0.05, 0.1) is 22.3 Å². The van der Waals surface area contributed by atoms with E-state index in [4.69, 9.17) is 23.2 Å². The van der Waals surface area contributed by atoms with Crippen LogP contribution in [-0.4, -0.2) is 33.1 Å². The second-order valence-corrected chi connectivity index (χ2v) is 8.09. The molecule has 2 amide bonds. The summed E-state index contributed by atoms with van der Waals surface area (Å²) in [4.78, 5) is 41.5. The third-order valence-corrected chi connectivity index (χ3v) is 5.63. The van der Waals surface area contributed by atoms with Gasteiger partial charge in [0, 0.05) is 30.5 Å². The van der Waals surface area contributed by atoms with Gasteiger partial charge in [0.15, 0.2) is 0 Å². The number of hydrogen-bond donors (Lipinski definition) is 2. The zero-order chi connectivity index (χ0) is 25.8. The normalized spacial score (nSPS) is 12.2. The predicted molar refractivity (Wildman–Crippen MR) is 124 cm³/mol. The number of amides is 2. The summed E-state index contributed by atoms with van der Waals surface area (Å²) >= 11 is 11.5. The van der Waals surface area contributed by atoms with Gasteiger partial charge in [-0.25, -0.2) is 4.68 Å². The fourth-order valence-electron chi connectivity index (χ4n) is 3.06.